The molecule has 0 saturated heterocycles. The number of amides is 2. The number of nitrogens with one attached hydrogen (secondary N) is 1. The number of anilines is 1. The van der Waals surface area contributed by atoms with Gasteiger partial charge in [-0.1, -0.05) is 46.6 Å². The van der Waals surface area contributed by atoms with Gasteiger partial charge in [-0.2, -0.15) is 0 Å². The molecule has 3 N–H and O–H groups in total. The number of aromatic nitrogens is 3. The van der Waals surface area contributed by atoms with E-state index in [-0.39, 0.29) is 28.3 Å². The van der Waals surface area contributed by atoms with Crippen LogP contribution in [-0.2, 0) is 16.1 Å². The van der Waals surface area contributed by atoms with Gasteiger partial charge in [0, 0.05) is 10.9 Å². The summed E-state index contributed by atoms with van der Waals surface area (Å²) < 4.78 is 1.67. The number of halogens is 3. The normalized spacial score (nSPS) is 13.7. The van der Waals surface area contributed by atoms with Crippen LogP contribution in [0.4, 0.5) is 5.69 Å². The quantitative estimate of drug-likeness (QED) is 0.651. The molecule has 138 valence electrons. The molecule has 1 aromatic heterocycles. The van der Waals surface area contributed by atoms with E-state index in [1.54, 1.807) is 4.57 Å². The van der Waals surface area contributed by atoms with Gasteiger partial charge >= 0.3 is 0 Å². The van der Waals surface area contributed by atoms with Crippen molar-refractivity contribution in [1.82, 2.24) is 14.8 Å². The van der Waals surface area contributed by atoms with Gasteiger partial charge in [0.15, 0.2) is 5.16 Å². The Labute approximate surface area is 168 Å². The summed E-state index contributed by atoms with van der Waals surface area (Å²) in [4.78, 5) is 23.5. The van der Waals surface area contributed by atoms with Crippen LogP contribution in [0.15, 0.2) is 17.3 Å². The van der Waals surface area contributed by atoms with Crippen LogP contribution >= 0.6 is 46.6 Å². The monoisotopic (exact) mass is 433 g/mol. The Morgan fingerprint density at radius 1 is 1.23 bits per heavy atom. The first-order chi connectivity index (χ1) is 12.3. The predicted octanol–water partition coefficient (Wildman–Crippen LogP) is 3.33. The van der Waals surface area contributed by atoms with E-state index < -0.39 is 5.91 Å². The number of thioether (sulfide) groups is 1. The van der Waals surface area contributed by atoms with Crippen LogP contribution in [-0.4, -0.2) is 32.3 Å². The molecule has 7 nitrogen and oxygen atoms in total. The van der Waals surface area contributed by atoms with Gasteiger partial charge in [0.1, 0.15) is 12.4 Å². The first kappa shape index (κ1) is 19.3. The Balaban J connectivity index is 1.67. The van der Waals surface area contributed by atoms with E-state index in [0.717, 1.165) is 30.4 Å². The lowest BCUT2D eigenvalue weighted by Gasteiger charge is -2.10. The van der Waals surface area contributed by atoms with Crippen molar-refractivity contribution in [3.8, 4) is 0 Å². The maximum Gasteiger partial charge on any atom is 0.237 e. The molecule has 0 aliphatic heterocycles. The van der Waals surface area contributed by atoms with Gasteiger partial charge < -0.3 is 11.1 Å². The molecule has 0 atom stereocenters. The molecule has 3 rings (SSSR count). The third-order valence-corrected chi connectivity index (χ3v) is 5.39. The van der Waals surface area contributed by atoms with Gasteiger partial charge in [-0.3, -0.25) is 14.2 Å². The number of carbonyl (C=O) groups excluding carboxylic acids is 2. The molecule has 0 bridgehead atoms. The average molecular weight is 435 g/mol. The fraction of sp³-hybridized carbons (Fsp3) is 0.333. The van der Waals surface area contributed by atoms with Crippen molar-refractivity contribution in [3.05, 3.63) is 33.0 Å². The second-order valence-electron chi connectivity index (χ2n) is 5.75. The fourth-order valence-corrected chi connectivity index (χ4v) is 3.98. The topological polar surface area (TPSA) is 103 Å². The first-order valence-electron chi connectivity index (χ1n) is 7.63. The maximum atomic E-state index is 12.2. The van der Waals surface area contributed by atoms with E-state index in [1.165, 1.54) is 12.1 Å². The number of nitrogens with two attached hydrogens (primary N) is 1. The smallest absolute Gasteiger partial charge is 0.237 e. The summed E-state index contributed by atoms with van der Waals surface area (Å²) >= 11 is 19.1. The van der Waals surface area contributed by atoms with Crippen LogP contribution in [0, 0.1) is 0 Å². The van der Waals surface area contributed by atoms with Crippen molar-refractivity contribution in [1.29, 1.82) is 0 Å². The van der Waals surface area contributed by atoms with Crippen LogP contribution in [0.25, 0.3) is 0 Å². The fourth-order valence-electron chi connectivity index (χ4n) is 2.32. The molecule has 0 spiro atoms. The number of primary amides is 1. The Bertz CT molecular complexity index is 846. The van der Waals surface area contributed by atoms with E-state index in [1.807, 2.05) is 0 Å². The van der Waals surface area contributed by atoms with E-state index in [9.17, 15) is 9.59 Å². The third-order valence-electron chi connectivity index (χ3n) is 3.61. The van der Waals surface area contributed by atoms with Crippen molar-refractivity contribution < 1.29 is 9.59 Å². The molecule has 2 amide bonds. The lowest BCUT2D eigenvalue weighted by Crippen LogP contribution is -2.21. The molecule has 0 radical (unpaired) electrons. The van der Waals surface area contributed by atoms with Crippen molar-refractivity contribution >= 4 is 64.1 Å². The minimum atomic E-state index is -0.488. The van der Waals surface area contributed by atoms with Crippen LogP contribution in [0.1, 0.15) is 24.6 Å². The highest BCUT2D eigenvalue weighted by Crippen LogP contribution is 2.40. The van der Waals surface area contributed by atoms with Crippen molar-refractivity contribution in [2.24, 2.45) is 5.73 Å². The number of hydrogen-bond donors (Lipinski definition) is 2. The molecule has 0 unspecified atom stereocenters. The summed E-state index contributed by atoms with van der Waals surface area (Å²) in [6, 6.07) is 2.98. The highest BCUT2D eigenvalue weighted by atomic mass is 35.5. The van der Waals surface area contributed by atoms with E-state index >= 15 is 0 Å². The van der Waals surface area contributed by atoms with E-state index in [2.05, 4.69) is 15.5 Å². The Morgan fingerprint density at radius 2 is 1.88 bits per heavy atom. The highest BCUT2D eigenvalue weighted by Gasteiger charge is 2.31. The number of rotatable bonds is 7. The van der Waals surface area contributed by atoms with E-state index in [0.29, 0.717) is 21.8 Å². The Morgan fingerprint density at radius 3 is 2.46 bits per heavy atom. The van der Waals surface area contributed by atoms with Crippen LogP contribution in [0.2, 0.25) is 15.1 Å². The molecular weight excluding hydrogens is 421 g/mol. The lowest BCUT2D eigenvalue weighted by atomic mass is 10.3. The van der Waals surface area contributed by atoms with Gasteiger partial charge in [-0.15, -0.1) is 10.2 Å². The molecule has 1 heterocycles. The van der Waals surface area contributed by atoms with Gasteiger partial charge in [0.05, 0.1) is 21.5 Å². The zero-order chi connectivity index (χ0) is 18.8. The van der Waals surface area contributed by atoms with Gasteiger partial charge in [0.25, 0.3) is 0 Å². The third kappa shape index (κ3) is 4.62. The molecule has 2 aromatic rings. The largest absolute Gasteiger partial charge is 0.368 e. The van der Waals surface area contributed by atoms with Crippen molar-refractivity contribution in [2.75, 3.05) is 11.1 Å². The molecule has 1 fully saturated rings. The number of carbonyl (C=O) groups is 2. The van der Waals surface area contributed by atoms with Crippen molar-refractivity contribution in [3.63, 3.8) is 0 Å². The molecule has 26 heavy (non-hydrogen) atoms. The molecule has 11 heteroatoms. The van der Waals surface area contributed by atoms with Crippen LogP contribution in [0.5, 0.6) is 0 Å². The molecule has 1 aliphatic carbocycles. The van der Waals surface area contributed by atoms with E-state index in [4.69, 9.17) is 40.5 Å². The SMILES string of the molecule is NC(=O)Cn1c(SCC(=O)Nc2c(Cl)cc(Cl)cc2Cl)nnc1C1CC1. The maximum absolute atomic E-state index is 12.2. The summed E-state index contributed by atoms with van der Waals surface area (Å²) in [7, 11) is 0. The summed E-state index contributed by atoms with van der Waals surface area (Å²) in [6.07, 6.45) is 2.02. The summed E-state index contributed by atoms with van der Waals surface area (Å²) in [5, 5.41) is 12.2. The Hall–Kier alpha value is -1.48. The lowest BCUT2D eigenvalue weighted by molar-refractivity contribution is -0.118. The van der Waals surface area contributed by atoms with Crippen LogP contribution in [0.3, 0.4) is 0 Å². The zero-order valence-electron chi connectivity index (χ0n) is 13.3. The molecule has 1 saturated carbocycles. The molecular formula is C15H14Cl3N5O2S. The highest BCUT2D eigenvalue weighted by molar-refractivity contribution is 7.99. The van der Waals surface area contributed by atoms with Gasteiger partial charge in [0.2, 0.25) is 11.8 Å². The summed E-state index contributed by atoms with van der Waals surface area (Å²) in [5.41, 5.74) is 5.59. The minimum Gasteiger partial charge on any atom is -0.368 e. The molecule has 1 aliphatic rings. The summed E-state index contributed by atoms with van der Waals surface area (Å²) in [5.74, 6) is 0.254. The predicted molar refractivity (Wildman–Crippen MR) is 102 cm³/mol. The number of hydrogen-bond acceptors (Lipinski definition) is 5. The second kappa shape index (κ2) is 8.04. The standard InChI is InChI=1S/C15H14Cl3N5O2S/c16-8-3-9(17)13(10(18)4-8)20-12(25)6-26-15-22-21-14(7-1-2-7)23(15)5-11(19)24/h3-4,7H,1-2,5-6H2,(H2,19,24)(H,20,25). The summed E-state index contributed by atoms with van der Waals surface area (Å²) in [6.45, 7) is -0.0162. The first-order valence-corrected chi connectivity index (χ1v) is 9.75. The van der Waals surface area contributed by atoms with Gasteiger partial charge in [-0.25, -0.2) is 0 Å². The van der Waals surface area contributed by atoms with Gasteiger partial charge in [-0.05, 0) is 25.0 Å². The van der Waals surface area contributed by atoms with Crippen LogP contribution < -0.4 is 11.1 Å². The average Bonchev–Trinajstić information content (AvgIpc) is 3.31. The molecule has 1 aromatic carbocycles. The minimum absolute atomic E-state index is 0.0162. The zero-order valence-corrected chi connectivity index (χ0v) is 16.4. The second-order valence-corrected chi connectivity index (χ2v) is 7.94. The van der Waals surface area contributed by atoms with Crippen molar-refractivity contribution in [2.45, 2.75) is 30.5 Å². The Kier molecular flexibility index (Phi) is 5.96. The number of nitrogens with zero attached hydrogens (tertiary/aromatic N) is 3. The number of benzene rings is 1.